The fourth-order valence-electron chi connectivity index (χ4n) is 5.53. The maximum atomic E-state index is 12.5. The van der Waals surface area contributed by atoms with Crippen LogP contribution in [0.4, 0.5) is 0 Å². The van der Waals surface area contributed by atoms with E-state index in [1.807, 2.05) is 0 Å². The average molecular weight is 695 g/mol. The summed E-state index contributed by atoms with van der Waals surface area (Å²) in [5.74, 6) is -0.379. The summed E-state index contributed by atoms with van der Waals surface area (Å²) in [4.78, 5) is 22.4. The number of carbonyl (C=O) groups excluding carboxylic acids is 1. The van der Waals surface area contributed by atoms with Crippen LogP contribution in [0.15, 0.2) is 0 Å². The van der Waals surface area contributed by atoms with Gasteiger partial charge in [0.25, 0.3) is 0 Å². The highest BCUT2D eigenvalue weighted by Gasteiger charge is 2.26. The molecule has 0 amide bonds. The highest BCUT2D eigenvalue weighted by molar-refractivity contribution is 7.47. The summed E-state index contributed by atoms with van der Waals surface area (Å²) >= 11 is 0. The molecule has 3 N–H and O–H groups in total. The van der Waals surface area contributed by atoms with Crippen LogP contribution in [0.5, 0.6) is 0 Å². The lowest BCUT2D eigenvalue weighted by molar-refractivity contribution is -0.154. The average Bonchev–Trinajstić information content (AvgIpc) is 3.06. The molecule has 0 aliphatic carbocycles. The smallest absolute Gasteiger partial charge is 0.457 e. The van der Waals surface area contributed by atoms with Crippen LogP contribution in [0, 0.1) is 0 Å². The Morgan fingerprint density at radius 2 is 0.957 bits per heavy atom. The third kappa shape index (κ3) is 35.1. The largest absolute Gasteiger partial charge is 0.472 e. The summed E-state index contributed by atoms with van der Waals surface area (Å²) in [5, 5.41) is 18.2. The monoisotopic (exact) mass is 695 g/mol. The maximum Gasteiger partial charge on any atom is 0.472 e. The Labute approximate surface area is 288 Å². The number of phosphoric ester groups is 1. The molecule has 0 aromatic carbocycles. The summed E-state index contributed by atoms with van der Waals surface area (Å²) in [6.45, 7) is 3.52. The van der Waals surface area contributed by atoms with Crippen molar-refractivity contribution in [3.05, 3.63) is 0 Å². The molecule has 0 radical (unpaired) electrons. The molecule has 0 fully saturated rings. The lowest BCUT2D eigenvalue weighted by Gasteiger charge is -2.20. The van der Waals surface area contributed by atoms with Gasteiger partial charge < -0.3 is 24.6 Å². The number of phosphoric acid groups is 1. The second kappa shape index (κ2) is 35.3. The standard InChI is InChI=1S/C37H75O9P/c1-3-5-7-9-11-13-14-15-16-17-18-19-20-21-22-23-25-27-29-37(40)46-36(34-45-47(41,42)44-32-35(39)31-38)33-43-30-28-26-24-12-10-8-6-4-2/h35-36,38-39H,3-34H2,1-2H3,(H,41,42). The van der Waals surface area contributed by atoms with Crippen LogP contribution >= 0.6 is 7.82 Å². The second-order valence-electron chi connectivity index (χ2n) is 13.3. The number of aliphatic hydroxyl groups is 2. The SMILES string of the molecule is CCCCCCCCCCCCCCCCCCCCC(=O)OC(COCCCCCCCCCC)COP(=O)(O)OCC(O)CO. The van der Waals surface area contributed by atoms with Gasteiger partial charge in [0.05, 0.1) is 26.4 Å². The van der Waals surface area contributed by atoms with Gasteiger partial charge in [-0.3, -0.25) is 13.8 Å². The Kier molecular flexibility index (Phi) is 34.9. The van der Waals surface area contributed by atoms with Crippen LogP contribution in [0.25, 0.3) is 0 Å². The molecule has 0 saturated carbocycles. The van der Waals surface area contributed by atoms with Crippen molar-refractivity contribution in [2.75, 3.05) is 33.0 Å². The molecule has 0 spiro atoms. The third-order valence-electron chi connectivity index (χ3n) is 8.54. The zero-order valence-corrected chi connectivity index (χ0v) is 31.4. The molecule has 0 aliphatic heterocycles. The molecule has 0 saturated heterocycles. The summed E-state index contributed by atoms with van der Waals surface area (Å²) in [6, 6.07) is 0. The lowest BCUT2D eigenvalue weighted by atomic mass is 10.0. The number of ether oxygens (including phenoxy) is 2. The molecule has 282 valence electrons. The van der Waals surface area contributed by atoms with Crippen LogP contribution in [-0.2, 0) is 27.9 Å². The fourth-order valence-corrected chi connectivity index (χ4v) is 6.32. The van der Waals surface area contributed by atoms with Crippen LogP contribution in [-0.4, -0.2) is 66.3 Å². The highest BCUT2D eigenvalue weighted by Crippen LogP contribution is 2.43. The maximum absolute atomic E-state index is 12.5. The minimum Gasteiger partial charge on any atom is -0.457 e. The second-order valence-corrected chi connectivity index (χ2v) is 14.8. The number of hydrogen-bond acceptors (Lipinski definition) is 8. The van der Waals surface area contributed by atoms with E-state index in [-0.39, 0.29) is 25.6 Å². The molecular formula is C37H75O9P. The van der Waals surface area contributed by atoms with Gasteiger partial charge in [-0.2, -0.15) is 0 Å². The number of carbonyl (C=O) groups is 1. The normalized spacial score (nSPS) is 14.2. The van der Waals surface area contributed by atoms with Gasteiger partial charge in [-0.15, -0.1) is 0 Å². The van der Waals surface area contributed by atoms with E-state index >= 15 is 0 Å². The number of unbranched alkanes of at least 4 members (excludes halogenated alkanes) is 24. The van der Waals surface area contributed by atoms with Gasteiger partial charge in [-0.05, 0) is 12.8 Å². The predicted molar refractivity (Wildman–Crippen MR) is 192 cm³/mol. The third-order valence-corrected chi connectivity index (χ3v) is 9.49. The van der Waals surface area contributed by atoms with Crippen molar-refractivity contribution < 1.29 is 43.0 Å². The molecular weight excluding hydrogens is 619 g/mol. The molecule has 9 nitrogen and oxygen atoms in total. The van der Waals surface area contributed by atoms with E-state index in [2.05, 4.69) is 13.8 Å². The van der Waals surface area contributed by atoms with E-state index in [1.165, 1.54) is 135 Å². The minimum atomic E-state index is -4.50. The Morgan fingerprint density at radius 3 is 1.38 bits per heavy atom. The van der Waals surface area contributed by atoms with Gasteiger partial charge in [0, 0.05) is 13.0 Å². The first-order valence-electron chi connectivity index (χ1n) is 19.5. The van der Waals surface area contributed by atoms with Crippen molar-refractivity contribution in [3.63, 3.8) is 0 Å². The van der Waals surface area contributed by atoms with Crippen molar-refractivity contribution in [1.82, 2.24) is 0 Å². The Morgan fingerprint density at radius 1 is 0.574 bits per heavy atom. The molecule has 47 heavy (non-hydrogen) atoms. The molecule has 0 bridgehead atoms. The lowest BCUT2D eigenvalue weighted by Crippen LogP contribution is -2.29. The molecule has 3 atom stereocenters. The predicted octanol–water partition coefficient (Wildman–Crippen LogP) is 9.97. The zero-order chi connectivity index (χ0) is 34.7. The van der Waals surface area contributed by atoms with Gasteiger partial charge >= 0.3 is 13.8 Å². The summed E-state index contributed by atoms with van der Waals surface area (Å²) in [6.07, 6.45) is 30.7. The van der Waals surface area contributed by atoms with Gasteiger partial charge in [-0.25, -0.2) is 4.57 Å². The summed E-state index contributed by atoms with van der Waals surface area (Å²) in [7, 11) is -4.50. The minimum absolute atomic E-state index is 0.0562. The molecule has 0 aromatic rings. The number of hydrogen-bond donors (Lipinski definition) is 3. The molecule has 10 heteroatoms. The van der Waals surface area contributed by atoms with Crippen molar-refractivity contribution in [2.45, 2.75) is 199 Å². The molecule has 0 heterocycles. The number of rotatable bonds is 38. The van der Waals surface area contributed by atoms with E-state index in [9.17, 15) is 19.4 Å². The van der Waals surface area contributed by atoms with E-state index in [4.69, 9.17) is 23.6 Å². The van der Waals surface area contributed by atoms with Gasteiger partial charge in [0.1, 0.15) is 12.2 Å². The van der Waals surface area contributed by atoms with Crippen LogP contribution < -0.4 is 0 Å². The summed E-state index contributed by atoms with van der Waals surface area (Å²) in [5.41, 5.74) is 0. The molecule has 0 rings (SSSR count). The summed E-state index contributed by atoms with van der Waals surface area (Å²) < 4.78 is 33.1. The fraction of sp³-hybridized carbons (Fsp3) is 0.973. The van der Waals surface area contributed by atoms with Crippen molar-refractivity contribution in [1.29, 1.82) is 0 Å². The Hall–Kier alpha value is -0.540. The van der Waals surface area contributed by atoms with E-state index in [0.717, 1.165) is 32.1 Å². The first kappa shape index (κ1) is 46.5. The number of esters is 1. The molecule has 0 aliphatic rings. The van der Waals surface area contributed by atoms with E-state index < -0.39 is 33.2 Å². The molecule has 0 aromatic heterocycles. The Balaban J connectivity index is 4.08. The molecule has 3 unspecified atom stereocenters. The van der Waals surface area contributed by atoms with Gasteiger partial charge in [0.15, 0.2) is 0 Å². The van der Waals surface area contributed by atoms with Gasteiger partial charge in [0.2, 0.25) is 0 Å². The van der Waals surface area contributed by atoms with E-state index in [1.54, 1.807) is 0 Å². The van der Waals surface area contributed by atoms with Crippen LogP contribution in [0.2, 0.25) is 0 Å². The zero-order valence-electron chi connectivity index (χ0n) is 30.5. The van der Waals surface area contributed by atoms with Crippen LogP contribution in [0.1, 0.15) is 187 Å². The van der Waals surface area contributed by atoms with Gasteiger partial charge in [-0.1, -0.05) is 168 Å². The highest BCUT2D eigenvalue weighted by atomic mass is 31.2. The first-order chi connectivity index (χ1) is 22.8. The van der Waals surface area contributed by atoms with Crippen LogP contribution in [0.3, 0.4) is 0 Å². The first-order valence-corrected chi connectivity index (χ1v) is 21.0. The topological polar surface area (TPSA) is 132 Å². The quantitative estimate of drug-likeness (QED) is 0.0328. The van der Waals surface area contributed by atoms with E-state index in [0.29, 0.717) is 6.61 Å². The van der Waals surface area contributed by atoms with Crippen molar-refractivity contribution in [3.8, 4) is 0 Å². The van der Waals surface area contributed by atoms with Crippen molar-refractivity contribution >= 4 is 13.8 Å². The number of aliphatic hydroxyl groups excluding tert-OH is 2. The Bertz CT molecular complexity index is 709. The van der Waals surface area contributed by atoms with Crippen molar-refractivity contribution in [2.24, 2.45) is 0 Å².